The number of carboxylic acids is 1. The maximum Gasteiger partial charge on any atom is 0.410 e. The van der Waals surface area contributed by atoms with Gasteiger partial charge >= 0.3 is 12.1 Å². The smallest absolute Gasteiger partial charge is 0.410 e. The Labute approximate surface area is 153 Å². The Morgan fingerprint density at radius 3 is 3.04 bits per heavy atom. The SMILES string of the molecule is CCOC(=O)N1CCc2cc(C=C3C(=O)N4C(C(=O)O)=CS[C@H]34)oc2C1. The highest BCUT2D eigenvalue weighted by molar-refractivity contribution is 8.03. The van der Waals surface area contributed by atoms with E-state index in [0.29, 0.717) is 43.2 Å². The maximum absolute atomic E-state index is 12.2. The quantitative estimate of drug-likeness (QED) is 0.636. The van der Waals surface area contributed by atoms with Crippen LogP contribution in [0.25, 0.3) is 6.08 Å². The zero-order valence-electron chi connectivity index (χ0n) is 13.9. The van der Waals surface area contributed by atoms with Gasteiger partial charge in [0.1, 0.15) is 22.6 Å². The van der Waals surface area contributed by atoms with Crippen LogP contribution in [0.1, 0.15) is 24.0 Å². The highest BCUT2D eigenvalue weighted by Gasteiger charge is 2.49. The van der Waals surface area contributed by atoms with E-state index in [2.05, 4.69) is 0 Å². The van der Waals surface area contributed by atoms with E-state index in [-0.39, 0.29) is 23.1 Å². The first-order valence-corrected chi connectivity index (χ1v) is 9.11. The summed E-state index contributed by atoms with van der Waals surface area (Å²) in [6.45, 7) is 2.97. The van der Waals surface area contributed by atoms with Gasteiger partial charge in [-0.05, 0) is 31.1 Å². The molecule has 1 aromatic rings. The highest BCUT2D eigenvalue weighted by atomic mass is 32.2. The van der Waals surface area contributed by atoms with Crippen LogP contribution in [0.3, 0.4) is 0 Å². The van der Waals surface area contributed by atoms with Crippen LogP contribution in [0.4, 0.5) is 4.79 Å². The Morgan fingerprint density at radius 2 is 2.31 bits per heavy atom. The number of thioether (sulfide) groups is 1. The van der Waals surface area contributed by atoms with Crippen LogP contribution >= 0.6 is 11.8 Å². The first kappa shape index (κ1) is 16.8. The summed E-state index contributed by atoms with van der Waals surface area (Å²) < 4.78 is 10.8. The molecule has 2 amide bonds. The van der Waals surface area contributed by atoms with Crippen molar-refractivity contribution in [2.24, 2.45) is 0 Å². The summed E-state index contributed by atoms with van der Waals surface area (Å²) in [4.78, 5) is 38.1. The number of hydrogen-bond acceptors (Lipinski definition) is 6. The average molecular weight is 376 g/mol. The van der Waals surface area contributed by atoms with Crippen LogP contribution < -0.4 is 0 Å². The molecule has 3 aliphatic heterocycles. The van der Waals surface area contributed by atoms with Gasteiger partial charge < -0.3 is 19.2 Å². The molecule has 3 aliphatic rings. The Hall–Kier alpha value is -2.68. The van der Waals surface area contributed by atoms with Crippen molar-refractivity contribution >= 4 is 35.8 Å². The number of ether oxygens (including phenoxy) is 1. The van der Waals surface area contributed by atoms with Gasteiger partial charge in [0.05, 0.1) is 18.7 Å². The summed E-state index contributed by atoms with van der Waals surface area (Å²) in [5, 5.41) is 10.3. The zero-order valence-corrected chi connectivity index (χ0v) is 14.7. The molecule has 136 valence electrons. The highest BCUT2D eigenvalue weighted by Crippen LogP contribution is 2.45. The Morgan fingerprint density at radius 1 is 1.50 bits per heavy atom. The fourth-order valence-corrected chi connectivity index (χ4v) is 4.32. The van der Waals surface area contributed by atoms with Crippen molar-refractivity contribution in [1.29, 1.82) is 0 Å². The fourth-order valence-electron chi connectivity index (χ4n) is 3.20. The molecule has 0 radical (unpaired) electrons. The predicted molar refractivity (Wildman–Crippen MR) is 91.8 cm³/mol. The topological polar surface area (TPSA) is 100 Å². The van der Waals surface area contributed by atoms with E-state index in [1.165, 1.54) is 22.1 Å². The molecule has 0 aromatic carbocycles. The Bertz CT molecular complexity index is 871. The molecule has 1 atom stereocenters. The maximum atomic E-state index is 12.2. The Kier molecular flexibility index (Phi) is 4.03. The molecular formula is C17H16N2O6S. The van der Waals surface area contributed by atoms with Crippen molar-refractivity contribution in [2.45, 2.75) is 25.3 Å². The number of hydrogen-bond donors (Lipinski definition) is 1. The largest absolute Gasteiger partial charge is 0.477 e. The summed E-state index contributed by atoms with van der Waals surface area (Å²) in [5.41, 5.74) is 1.52. The molecule has 0 saturated carbocycles. The molecule has 0 aliphatic carbocycles. The van der Waals surface area contributed by atoms with Crippen molar-refractivity contribution in [3.63, 3.8) is 0 Å². The lowest BCUT2D eigenvalue weighted by Gasteiger charge is -2.36. The first-order chi connectivity index (χ1) is 12.5. The third kappa shape index (κ3) is 2.59. The number of furan rings is 1. The van der Waals surface area contributed by atoms with E-state index in [1.807, 2.05) is 6.07 Å². The lowest BCUT2D eigenvalue weighted by molar-refractivity contribution is -0.141. The van der Waals surface area contributed by atoms with Crippen molar-refractivity contribution in [1.82, 2.24) is 9.80 Å². The number of rotatable bonds is 3. The van der Waals surface area contributed by atoms with Gasteiger partial charge in [0, 0.05) is 12.0 Å². The van der Waals surface area contributed by atoms with Crippen LogP contribution in [-0.4, -0.2) is 51.4 Å². The minimum atomic E-state index is -1.11. The number of amides is 2. The average Bonchev–Trinajstić information content (AvgIpc) is 3.20. The third-order valence-electron chi connectivity index (χ3n) is 4.48. The predicted octanol–water partition coefficient (Wildman–Crippen LogP) is 2.02. The normalized spacial score (nSPS) is 22.7. The molecular weight excluding hydrogens is 360 g/mol. The van der Waals surface area contributed by atoms with E-state index in [0.717, 1.165) is 5.56 Å². The lowest BCUT2D eigenvalue weighted by Crippen LogP contribution is -2.51. The van der Waals surface area contributed by atoms with Gasteiger partial charge in [0.15, 0.2) is 0 Å². The van der Waals surface area contributed by atoms with Crippen LogP contribution in [0.2, 0.25) is 0 Å². The summed E-state index contributed by atoms with van der Waals surface area (Å²) in [6.07, 6.45) is 1.94. The van der Waals surface area contributed by atoms with Crippen LogP contribution in [-0.2, 0) is 27.3 Å². The number of fused-ring (bicyclic) bond motifs is 2. The number of carbonyl (C=O) groups is 3. The van der Waals surface area contributed by atoms with Gasteiger partial charge in [-0.15, -0.1) is 11.8 Å². The van der Waals surface area contributed by atoms with Gasteiger partial charge in [-0.25, -0.2) is 9.59 Å². The van der Waals surface area contributed by atoms with Crippen molar-refractivity contribution in [2.75, 3.05) is 13.2 Å². The summed E-state index contributed by atoms with van der Waals surface area (Å²) in [6, 6.07) is 1.87. The van der Waals surface area contributed by atoms with E-state index < -0.39 is 5.97 Å². The summed E-state index contributed by atoms with van der Waals surface area (Å²) in [5.74, 6) is -0.215. The number of nitrogens with zero attached hydrogens (tertiary/aromatic N) is 2. The standard InChI is InChI=1S/C17H16N2O6S/c1-2-24-17(23)18-4-3-9-5-10(25-13(9)7-18)6-11-14(20)19-12(16(21)22)8-26-15(11)19/h5-6,8,15H,2-4,7H2,1H3,(H,21,22)/t15-/m1/s1. The fraction of sp³-hybridized carbons (Fsp3) is 0.353. The monoisotopic (exact) mass is 376 g/mol. The van der Waals surface area contributed by atoms with Crippen LogP contribution in [0.15, 0.2) is 27.2 Å². The van der Waals surface area contributed by atoms with Gasteiger partial charge in [0.25, 0.3) is 5.91 Å². The summed E-state index contributed by atoms with van der Waals surface area (Å²) >= 11 is 1.29. The third-order valence-corrected chi connectivity index (χ3v) is 5.56. The number of carboxylic acid groups (broad SMARTS) is 1. The molecule has 0 bridgehead atoms. The number of carbonyl (C=O) groups excluding carboxylic acids is 2. The molecule has 9 heteroatoms. The molecule has 0 unspecified atom stereocenters. The van der Waals surface area contributed by atoms with Gasteiger partial charge in [0.2, 0.25) is 0 Å². The summed E-state index contributed by atoms with van der Waals surface area (Å²) in [7, 11) is 0. The molecule has 8 nitrogen and oxygen atoms in total. The molecule has 26 heavy (non-hydrogen) atoms. The van der Waals surface area contributed by atoms with E-state index in [4.69, 9.17) is 14.3 Å². The van der Waals surface area contributed by atoms with Crippen molar-refractivity contribution in [3.8, 4) is 0 Å². The van der Waals surface area contributed by atoms with Gasteiger partial charge in [-0.1, -0.05) is 0 Å². The molecule has 4 heterocycles. The Balaban J connectivity index is 1.50. The number of β-lactam (4-membered cyclic amide) rings is 1. The molecule has 4 rings (SSSR count). The second kappa shape index (κ2) is 6.24. The first-order valence-electron chi connectivity index (χ1n) is 8.17. The van der Waals surface area contributed by atoms with Gasteiger partial charge in [-0.2, -0.15) is 0 Å². The van der Waals surface area contributed by atoms with Crippen LogP contribution in [0.5, 0.6) is 0 Å². The second-order valence-electron chi connectivity index (χ2n) is 6.04. The zero-order chi connectivity index (χ0) is 18.4. The minimum Gasteiger partial charge on any atom is -0.477 e. The van der Waals surface area contributed by atoms with Crippen molar-refractivity contribution < 1.29 is 28.6 Å². The number of aliphatic carboxylic acids is 1. The molecule has 1 N–H and O–H groups in total. The van der Waals surface area contributed by atoms with E-state index >= 15 is 0 Å². The van der Waals surface area contributed by atoms with Gasteiger partial charge in [-0.3, -0.25) is 9.69 Å². The van der Waals surface area contributed by atoms with E-state index in [9.17, 15) is 14.4 Å². The molecule has 1 fully saturated rings. The molecule has 0 spiro atoms. The molecule has 1 aromatic heterocycles. The minimum absolute atomic E-state index is 0.00553. The molecule has 1 saturated heterocycles. The van der Waals surface area contributed by atoms with Crippen LogP contribution in [0, 0.1) is 0 Å². The van der Waals surface area contributed by atoms with Crippen molar-refractivity contribution in [3.05, 3.63) is 39.8 Å². The second-order valence-corrected chi connectivity index (χ2v) is 6.99. The lowest BCUT2D eigenvalue weighted by atomic mass is 10.0. The van der Waals surface area contributed by atoms with E-state index in [1.54, 1.807) is 17.9 Å².